The summed E-state index contributed by atoms with van der Waals surface area (Å²) in [6.45, 7) is 0.776. The molecule has 4 heteroatoms. The van der Waals surface area contributed by atoms with Crippen molar-refractivity contribution in [3.8, 4) is 0 Å². The lowest BCUT2D eigenvalue weighted by molar-refractivity contribution is -0.131. The van der Waals surface area contributed by atoms with Gasteiger partial charge in [0.15, 0.2) is 0 Å². The number of hydrogen-bond acceptors (Lipinski definition) is 1. The molecule has 1 aromatic carbocycles. The van der Waals surface area contributed by atoms with Crippen LogP contribution >= 0.6 is 11.6 Å². The molecule has 0 spiro atoms. The van der Waals surface area contributed by atoms with Crippen LogP contribution in [0, 0.1) is 0 Å². The van der Waals surface area contributed by atoms with E-state index in [4.69, 9.17) is 11.6 Å². The lowest BCUT2D eigenvalue weighted by Crippen LogP contribution is -2.33. The Morgan fingerprint density at radius 2 is 2.05 bits per heavy atom. The van der Waals surface area contributed by atoms with Crippen LogP contribution in [0.15, 0.2) is 48.7 Å². The van der Waals surface area contributed by atoms with Crippen molar-refractivity contribution in [2.24, 2.45) is 0 Å². The number of aromatic nitrogens is 1. The Balaban J connectivity index is 1.79. The smallest absolute Gasteiger partial charge is 0.245 e. The summed E-state index contributed by atoms with van der Waals surface area (Å²) < 4.78 is 0. The van der Waals surface area contributed by atoms with E-state index in [0.717, 1.165) is 30.6 Å². The molecule has 1 amide bonds. The maximum atomic E-state index is 12.6. The topological polar surface area (TPSA) is 36.1 Å². The van der Waals surface area contributed by atoms with Crippen molar-refractivity contribution in [2.45, 2.75) is 24.3 Å². The molecule has 0 radical (unpaired) electrons. The van der Waals surface area contributed by atoms with Crippen LogP contribution in [-0.2, 0) is 4.79 Å². The Morgan fingerprint density at radius 3 is 2.75 bits per heavy atom. The number of H-pyrrole nitrogens is 1. The van der Waals surface area contributed by atoms with Gasteiger partial charge in [-0.2, -0.15) is 0 Å². The molecule has 1 aliphatic heterocycles. The zero-order valence-corrected chi connectivity index (χ0v) is 11.9. The molecule has 3 rings (SSSR count). The van der Waals surface area contributed by atoms with Crippen LogP contribution in [0.2, 0.25) is 0 Å². The van der Waals surface area contributed by atoms with E-state index in [0.29, 0.717) is 0 Å². The minimum absolute atomic E-state index is 0.00466. The number of likely N-dealkylation sites (tertiary alicyclic amines) is 1. The standard InChI is InChI=1S/C16H17ClN2O/c17-15(12-6-2-1-3-7-12)16(20)19-11-5-9-14(19)13-8-4-10-18-13/h1-4,6-8,10,14-15,18H,5,9,11H2. The van der Waals surface area contributed by atoms with Gasteiger partial charge in [0.1, 0.15) is 5.38 Å². The third-order valence-electron chi connectivity index (χ3n) is 3.83. The van der Waals surface area contributed by atoms with Gasteiger partial charge in [-0.25, -0.2) is 0 Å². The number of rotatable bonds is 3. The fraction of sp³-hybridized carbons (Fsp3) is 0.312. The molecule has 1 aliphatic rings. The van der Waals surface area contributed by atoms with Gasteiger partial charge < -0.3 is 9.88 Å². The van der Waals surface area contributed by atoms with Crippen LogP contribution in [0.1, 0.15) is 35.5 Å². The summed E-state index contributed by atoms with van der Waals surface area (Å²) in [5.41, 5.74) is 1.95. The maximum Gasteiger partial charge on any atom is 0.245 e. The molecular weight excluding hydrogens is 272 g/mol. The fourth-order valence-corrected chi connectivity index (χ4v) is 3.09. The fourth-order valence-electron chi connectivity index (χ4n) is 2.82. The number of carbonyl (C=O) groups is 1. The summed E-state index contributed by atoms with van der Waals surface area (Å²) >= 11 is 6.36. The Bertz CT molecular complexity index is 567. The predicted molar refractivity (Wildman–Crippen MR) is 79.5 cm³/mol. The largest absolute Gasteiger partial charge is 0.363 e. The zero-order chi connectivity index (χ0) is 13.9. The second-order valence-electron chi connectivity index (χ2n) is 5.09. The summed E-state index contributed by atoms with van der Waals surface area (Å²) in [4.78, 5) is 17.7. The van der Waals surface area contributed by atoms with Crippen LogP contribution in [0.5, 0.6) is 0 Å². The van der Waals surface area contributed by atoms with Crippen molar-refractivity contribution < 1.29 is 4.79 Å². The number of nitrogens with one attached hydrogen (secondary N) is 1. The van der Waals surface area contributed by atoms with Crippen LogP contribution in [0.25, 0.3) is 0 Å². The van der Waals surface area contributed by atoms with Crippen LogP contribution in [-0.4, -0.2) is 22.3 Å². The first-order chi connectivity index (χ1) is 9.77. The maximum absolute atomic E-state index is 12.6. The molecule has 1 aromatic heterocycles. The lowest BCUT2D eigenvalue weighted by atomic mass is 10.1. The molecule has 2 unspecified atom stereocenters. The number of halogens is 1. The molecule has 2 atom stereocenters. The third kappa shape index (κ3) is 2.46. The normalized spacial score (nSPS) is 20.1. The Kier molecular flexibility index (Phi) is 3.79. The highest BCUT2D eigenvalue weighted by Crippen LogP contribution is 2.34. The van der Waals surface area contributed by atoms with Gasteiger partial charge in [0.2, 0.25) is 5.91 Å². The van der Waals surface area contributed by atoms with Gasteiger partial charge in [0.25, 0.3) is 0 Å². The van der Waals surface area contributed by atoms with Gasteiger partial charge in [-0.1, -0.05) is 30.3 Å². The van der Waals surface area contributed by atoms with E-state index >= 15 is 0 Å². The van der Waals surface area contributed by atoms with Gasteiger partial charge in [0.05, 0.1) is 6.04 Å². The highest BCUT2D eigenvalue weighted by atomic mass is 35.5. The summed E-state index contributed by atoms with van der Waals surface area (Å²) in [7, 11) is 0. The number of alkyl halides is 1. The first-order valence-corrected chi connectivity index (χ1v) is 7.34. The first-order valence-electron chi connectivity index (χ1n) is 6.90. The highest BCUT2D eigenvalue weighted by Gasteiger charge is 2.34. The average Bonchev–Trinajstić information content (AvgIpc) is 3.16. The molecule has 2 aromatic rings. The van der Waals surface area contributed by atoms with Crippen LogP contribution in [0.3, 0.4) is 0 Å². The van der Waals surface area contributed by atoms with Gasteiger partial charge in [-0.15, -0.1) is 11.6 Å². The van der Waals surface area contributed by atoms with Gasteiger partial charge in [0, 0.05) is 18.4 Å². The number of hydrogen-bond donors (Lipinski definition) is 1. The SMILES string of the molecule is O=C(C(Cl)c1ccccc1)N1CCCC1c1ccc[nH]1. The number of carbonyl (C=O) groups excluding carboxylic acids is 1. The molecule has 20 heavy (non-hydrogen) atoms. The molecule has 3 nitrogen and oxygen atoms in total. The minimum Gasteiger partial charge on any atom is -0.363 e. The van der Waals surface area contributed by atoms with Gasteiger partial charge >= 0.3 is 0 Å². The average molecular weight is 289 g/mol. The van der Waals surface area contributed by atoms with E-state index < -0.39 is 5.38 Å². The van der Waals surface area contributed by atoms with Gasteiger partial charge in [-0.3, -0.25) is 4.79 Å². The van der Waals surface area contributed by atoms with E-state index in [2.05, 4.69) is 4.98 Å². The summed E-state index contributed by atoms with van der Waals surface area (Å²) in [5, 5.41) is -0.605. The Morgan fingerprint density at radius 1 is 1.25 bits per heavy atom. The predicted octanol–water partition coefficient (Wildman–Crippen LogP) is 3.66. The summed E-state index contributed by atoms with van der Waals surface area (Å²) in [6, 6.07) is 13.7. The van der Waals surface area contributed by atoms with E-state index in [1.54, 1.807) is 0 Å². The van der Waals surface area contributed by atoms with Crippen molar-refractivity contribution in [3.63, 3.8) is 0 Å². The van der Waals surface area contributed by atoms with Gasteiger partial charge in [-0.05, 0) is 30.5 Å². The van der Waals surface area contributed by atoms with Crippen molar-refractivity contribution in [1.29, 1.82) is 0 Å². The second-order valence-corrected chi connectivity index (χ2v) is 5.52. The first kappa shape index (κ1) is 13.3. The molecule has 0 bridgehead atoms. The molecular formula is C16H17ClN2O. The van der Waals surface area contributed by atoms with Crippen molar-refractivity contribution in [1.82, 2.24) is 9.88 Å². The van der Waals surface area contributed by atoms with E-state index in [9.17, 15) is 4.79 Å². The summed E-state index contributed by atoms with van der Waals surface area (Å²) in [5.74, 6) is -0.00466. The number of aromatic amines is 1. The van der Waals surface area contributed by atoms with E-state index in [-0.39, 0.29) is 11.9 Å². The highest BCUT2D eigenvalue weighted by molar-refractivity contribution is 6.30. The third-order valence-corrected chi connectivity index (χ3v) is 4.26. The molecule has 0 saturated carbocycles. The minimum atomic E-state index is -0.605. The number of benzene rings is 1. The van der Waals surface area contributed by atoms with E-state index in [1.165, 1.54) is 0 Å². The number of amides is 1. The lowest BCUT2D eigenvalue weighted by Gasteiger charge is -2.26. The molecule has 0 aliphatic carbocycles. The molecule has 1 fully saturated rings. The molecule has 1 saturated heterocycles. The summed E-state index contributed by atoms with van der Waals surface area (Å²) in [6.07, 6.45) is 3.91. The Hall–Kier alpha value is -1.74. The van der Waals surface area contributed by atoms with Crippen molar-refractivity contribution >= 4 is 17.5 Å². The monoisotopic (exact) mass is 288 g/mol. The quantitative estimate of drug-likeness (QED) is 0.860. The van der Waals surface area contributed by atoms with Crippen LogP contribution < -0.4 is 0 Å². The molecule has 104 valence electrons. The zero-order valence-electron chi connectivity index (χ0n) is 11.1. The van der Waals surface area contributed by atoms with Crippen molar-refractivity contribution in [3.05, 3.63) is 59.9 Å². The number of nitrogens with zero attached hydrogens (tertiary/aromatic N) is 1. The van der Waals surface area contributed by atoms with Crippen molar-refractivity contribution in [2.75, 3.05) is 6.54 Å². The van der Waals surface area contributed by atoms with E-state index in [1.807, 2.05) is 53.6 Å². The van der Waals surface area contributed by atoms with Crippen LogP contribution in [0.4, 0.5) is 0 Å². The second kappa shape index (κ2) is 5.71. The Labute approximate surface area is 123 Å². The molecule has 1 N–H and O–H groups in total. The molecule has 2 heterocycles.